The van der Waals surface area contributed by atoms with Crippen LogP contribution >= 0.6 is 23.4 Å². The van der Waals surface area contributed by atoms with Crippen LogP contribution in [0.15, 0.2) is 64.4 Å². The summed E-state index contributed by atoms with van der Waals surface area (Å²) in [5.41, 5.74) is 1.19. The number of thioether (sulfide) groups is 1. The average molecular weight is 477 g/mol. The van der Waals surface area contributed by atoms with Gasteiger partial charge in [-0.25, -0.2) is 18.4 Å². The number of rotatable bonds is 6. The number of ether oxygens (including phenoxy) is 1. The van der Waals surface area contributed by atoms with E-state index in [0.29, 0.717) is 29.9 Å². The standard InChI is InChI=1S/C21H21ClN4O3S2/c1-30-18-19(22)23-20(24-21(18)26-11-13-29-14-12-26)15-7-9-16(10-8-15)25-31(27,28)17-5-3-2-4-6-17/h2-10,25H,11-14H2,1H3. The van der Waals surface area contributed by atoms with E-state index < -0.39 is 10.0 Å². The van der Waals surface area contributed by atoms with Crippen LogP contribution in [-0.2, 0) is 14.8 Å². The van der Waals surface area contributed by atoms with Crippen molar-refractivity contribution in [3.63, 3.8) is 0 Å². The molecule has 0 saturated carbocycles. The molecule has 2 heterocycles. The molecule has 1 aliphatic heterocycles. The second kappa shape index (κ2) is 9.44. The Bertz CT molecular complexity index is 1150. The first-order valence-electron chi connectivity index (χ1n) is 9.60. The predicted molar refractivity (Wildman–Crippen MR) is 125 cm³/mol. The number of hydrogen-bond acceptors (Lipinski definition) is 7. The van der Waals surface area contributed by atoms with E-state index in [9.17, 15) is 8.42 Å². The molecular formula is C21H21ClN4O3S2. The van der Waals surface area contributed by atoms with Crippen LogP contribution in [-0.4, -0.2) is 50.9 Å². The van der Waals surface area contributed by atoms with Crippen LogP contribution in [0.25, 0.3) is 11.4 Å². The highest BCUT2D eigenvalue weighted by Gasteiger charge is 2.21. The summed E-state index contributed by atoms with van der Waals surface area (Å²) < 4.78 is 33.1. The lowest BCUT2D eigenvalue weighted by Gasteiger charge is -2.29. The van der Waals surface area contributed by atoms with Crippen molar-refractivity contribution >= 4 is 44.9 Å². The zero-order valence-corrected chi connectivity index (χ0v) is 19.2. The molecule has 2 aromatic carbocycles. The van der Waals surface area contributed by atoms with E-state index in [2.05, 4.69) is 14.6 Å². The molecule has 0 atom stereocenters. The quantitative estimate of drug-likeness (QED) is 0.422. The number of benzene rings is 2. The van der Waals surface area contributed by atoms with E-state index in [1.165, 1.54) is 11.8 Å². The van der Waals surface area contributed by atoms with Crippen molar-refractivity contribution in [3.8, 4) is 11.4 Å². The summed E-state index contributed by atoms with van der Waals surface area (Å²) in [6.45, 7) is 2.75. The van der Waals surface area contributed by atoms with Crippen molar-refractivity contribution in [1.82, 2.24) is 9.97 Å². The molecule has 1 fully saturated rings. The van der Waals surface area contributed by atoms with Crippen LogP contribution in [0.2, 0.25) is 5.15 Å². The van der Waals surface area contributed by atoms with Gasteiger partial charge in [-0.1, -0.05) is 29.8 Å². The molecule has 10 heteroatoms. The van der Waals surface area contributed by atoms with E-state index >= 15 is 0 Å². The predicted octanol–water partition coefficient (Wildman–Crippen LogP) is 4.16. The molecule has 162 valence electrons. The van der Waals surface area contributed by atoms with Gasteiger partial charge in [0.1, 0.15) is 11.0 Å². The maximum atomic E-state index is 12.5. The summed E-state index contributed by atoms with van der Waals surface area (Å²) in [6, 6.07) is 15.2. The lowest BCUT2D eigenvalue weighted by molar-refractivity contribution is 0.122. The van der Waals surface area contributed by atoms with Crippen LogP contribution < -0.4 is 9.62 Å². The van der Waals surface area contributed by atoms with Crippen molar-refractivity contribution < 1.29 is 13.2 Å². The summed E-state index contributed by atoms with van der Waals surface area (Å²) in [7, 11) is -3.65. The minimum absolute atomic E-state index is 0.206. The minimum Gasteiger partial charge on any atom is -0.378 e. The second-order valence-corrected chi connectivity index (χ2v) is 9.65. The van der Waals surface area contributed by atoms with Gasteiger partial charge in [0, 0.05) is 24.3 Å². The van der Waals surface area contributed by atoms with Crippen LogP contribution in [0.1, 0.15) is 0 Å². The van der Waals surface area contributed by atoms with Crippen LogP contribution in [0.5, 0.6) is 0 Å². The fourth-order valence-electron chi connectivity index (χ4n) is 3.21. The highest BCUT2D eigenvalue weighted by molar-refractivity contribution is 7.98. The molecular weight excluding hydrogens is 456 g/mol. The van der Waals surface area contributed by atoms with E-state index in [1.54, 1.807) is 54.6 Å². The van der Waals surface area contributed by atoms with Crippen molar-refractivity contribution in [3.05, 3.63) is 59.8 Å². The van der Waals surface area contributed by atoms with Crippen molar-refractivity contribution in [2.45, 2.75) is 9.79 Å². The Balaban J connectivity index is 1.61. The fourth-order valence-corrected chi connectivity index (χ4v) is 5.25. The van der Waals surface area contributed by atoms with E-state index in [-0.39, 0.29) is 4.90 Å². The highest BCUT2D eigenvalue weighted by atomic mass is 35.5. The molecule has 1 aliphatic rings. The summed E-state index contributed by atoms with van der Waals surface area (Å²) >= 11 is 7.98. The van der Waals surface area contributed by atoms with Gasteiger partial charge in [-0.2, -0.15) is 0 Å². The molecule has 3 aromatic rings. The number of sulfonamides is 1. The summed E-state index contributed by atoms with van der Waals surface area (Å²) in [4.78, 5) is 12.4. The molecule has 0 unspecified atom stereocenters. The van der Waals surface area contributed by atoms with Crippen LogP contribution in [0.3, 0.4) is 0 Å². The largest absolute Gasteiger partial charge is 0.378 e. The van der Waals surface area contributed by atoms with Crippen LogP contribution in [0.4, 0.5) is 11.5 Å². The number of anilines is 2. The summed E-state index contributed by atoms with van der Waals surface area (Å²) in [6.07, 6.45) is 1.95. The second-order valence-electron chi connectivity index (χ2n) is 6.79. The van der Waals surface area contributed by atoms with Crippen molar-refractivity contribution in [2.24, 2.45) is 0 Å². The van der Waals surface area contributed by atoms with Crippen molar-refractivity contribution in [1.29, 1.82) is 0 Å². The molecule has 4 rings (SSSR count). The Morgan fingerprint density at radius 1 is 1.03 bits per heavy atom. The summed E-state index contributed by atoms with van der Waals surface area (Å²) in [5, 5.41) is 0.396. The SMILES string of the molecule is CSc1c(Cl)nc(-c2ccc(NS(=O)(=O)c3ccccc3)cc2)nc1N1CCOCC1. The zero-order chi connectivity index (χ0) is 21.8. The lowest BCUT2D eigenvalue weighted by Crippen LogP contribution is -2.37. The van der Waals surface area contributed by atoms with Gasteiger partial charge in [0.15, 0.2) is 5.82 Å². The van der Waals surface area contributed by atoms with Gasteiger partial charge in [-0.3, -0.25) is 4.72 Å². The van der Waals surface area contributed by atoms with Crippen LogP contribution in [0, 0.1) is 0 Å². The molecule has 1 aromatic heterocycles. The number of halogens is 1. The third kappa shape index (κ3) is 4.95. The number of aromatic nitrogens is 2. The van der Waals surface area contributed by atoms with Gasteiger partial charge in [-0.15, -0.1) is 11.8 Å². The molecule has 31 heavy (non-hydrogen) atoms. The zero-order valence-electron chi connectivity index (χ0n) is 16.8. The van der Waals surface area contributed by atoms with Crippen molar-refractivity contribution in [2.75, 3.05) is 42.2 Å². The first-order valence-corrected chi connectivity index (χ1v) is 12.7. The molecule has 1 saturated heterocycles. The average Bonchev–Trinajstić information content (AvgIpc) is 2.80. The molecule has 0 aliphatic carbocycles. The molecule has 0 spiro atoms. The minimum atomic E-state index is -3.65. The number of nitrogens with zero attached hydrogens (tertiary/aromatic N) is 3. The van der Waals surface area contributed by atoms with E-state index in [0.717, 1.165) is 29.4 Å². The first-order chi connectivity index (χ1) is 15.0. The Hall–Kier alpha value is -2.33. The third-order valence-electron chi connectivity index (χ3n) is 4.77. The molecule has 1 N–H and O–H groups in total. The van der Waals surface area contributed by atoms with Gasteiger partial charge < -0.3 is 9.64 Å². The Kier molecular flexibility index (Phi) is 6.66. The molecule has 0 radical (unpaired) electrons. The maximum Gasteiger partial charge on any atom is 0.261 e. The Morgan fingerprint density at radius 2 is 1.71 bits per heavy atom. The number of morpholine rings is 1. The topological polar surface area (TPSA) is 84.4 Å². The first kappa shape index (κ1) is 21.9. The van der Waals surface area contributed by atoms with Gasteiger partial charge >= 0.3 is 0 Å². The molecule has 0 amide bonds. The Morgan fingerprint density at radius 3 is 2.35 bits per heavy atom. The number of nitrogens with one attached hydrogen (secondary N) is 1. The van der Waals surface area contributed by atoms with E-state index in [4.69, 9.17) is 21.3 Å². The van der Waals surface area contributed by atoms with Gasteiger partial charge in [-0.05, 0) is 42.7 Å². The third-order valence-corrected chi connectivity index (χ3v) is 7.34. The number of hydrogen-bond donors (Lipinski definition) is 1. The fraction of sp³-hybridized carbons (Fsp3) is 0.238. The highest BCUT2D eigenvalue weighted by Crippen LogP contribution is 2.35. The molecule has 7 nitrogen and oxygen atoms in total. The van der Waals surface area contributed by atoms with E-state index in [1.807, 2.05) is 6.26 Å². The molecule has 0 bridgehead atoms. The summed E-state index contributed by atoms with van der Waals surface area (Å²) in [5.74, 6) is 1.28. The van der Waals surface area contributed by atoms with Gasteiger partial charge in [0.2, 0.25) is 0 Å². The lowest BCUT2D eigenvalue weighted by atomic mass is 10.2. The van der Waals surface area contributed by atoms with Gasteiger partial charge in [0.25, 0.3) is 10.0 Å². The Labute approximate surface area is 190 Å². The van der Waals surface area contributed by atoms with Gasteiger partial charge in [0.05, 0.1) is 23.0 Å². The maximum absolute atomic E-state index is 12.5. The normalized spacial score (nSPS) is 14.5. The smallest absolute Gasteiger partial charge is 0.261 e. The monoisotopic (exact) mass is 476 g/mol.